The number of benzene rings is 3. The van der Waals surface area contributed by atoms with Gasteiger partial charge in [0.05, 0.1) is 11.4 Å². The van der Waals surface area contributed by atoms with Crippen molar-refractivity contribution in [2.24, 2.45) is 10.2 Å². The van der Waals surface area contributed by atoms with Crippen LogP contribution in [0, 0.1) is 6.92 Å². The Kier molecular flexibility index (Phi) is 18.3. The molecule has 46 heavy (non-hydrogen) atoms. The van der Waals surface area contributed by atoms with Gasteiger partial charge in [0.25, 0.3) is 0 Å². The van der Waals surface area contributed by atoms with Crippen molar-refractivity contribution < 1.29 is 0 Å². The summed E-state index contributed by atoms with van der Waals surface area (Å²) in [5, 5.41) is 9.44. The van der Waals surface area contributed by atoms with E-state index in [2.05, 4.69) is 101 Å². The van der Waals surface area contributed by atoms with E-state index in [1.54, 1.807) is 0 Å². The minimum absolute atomic E-state index is 0.943. The highest BCUT2D eigenvalue weighted by molar-refractivity contribution is 5.73. The van der Waals surface area contributed by atoms with Gasteiger partial charge in [-0.3, -0.25) is 0 Å². The van der Waals surface area contributed by atoms with Gasteiger partial charge in [0.2, 0.25) is 0 Å². The number of allylic oxidation sites excluding steroid dienone is 1. The number of aryl methyl sites for hydroxylation is 4. The average molecular weight is 621 g/mol. The van der Waals surface area contributed by atoms with E-state index < -0.39 is 0 Å². The molecule has 0 bridgehead atoms. The second kappa shape index (κ2) is 22.5. The molecule has 0 amide bonds. The summed E-state index contributed by atoms with van der Waals surface area (Å²) in [5.74, 6) is 0. The van der Waals surface area contributed by atoms with Crippen molar-refractivity contribution in [3.8, 4) is 11.1 Å². The van der Waals surface area contributed by atoms with Crippen LogP contribution in [0.1, 0.15) is 158 Å². The third kappa shape index (κ3) is 13.8. The molecule has 0 aliphatic carbocycles. The SMILES string of the molecule is CCCCCCCCc1cc(N=NC(C)=Cc2cc(C)c(-c3ccccc3)c(CCCCCCCC)c2)ccc1CCCCCC. The Hall–Kier alpha value is -3.00. The Bertz CT molecular complexity index is 1320. The minimum Gasteiger partial charge on any atom is -0.155 e. The Morgan fingerprint density at radius 3 is 1.74 bits per heavy atom. The fourth-order valence-corrected chi connectivity index (χ4v) is 6.68. The van der Waals surface area contributed by atoms with E-state index in [1.165, 1.54) is 148 Å². The van der Waals surface area contributed by atoms with Gasteiger partial charge in [-0.1, -0.05) is 153 Å². The largest absolute Gasteiger partial charge is 0.155 e. The zero-order valence-electron chi connectivity index (χ0n) is 30.2. The molecule has 3 aromatic rings. The van der Waals surface area contributed by atoms with Gasteiger partial charge in [0, 0.05) is 0 Å². The molecule has 0 saturated heterocycles. The molecule has 0 N–H and O–H groups in total. The number of unbranched alkanes of at least 4 members (excludes halogenated alkanes) is 13. The van der Waals surface area contributed by atoms with Crippen LogP contribution in [-0.2, 0) is 19.3 Å². The first kappa shape index (κ1) is 37.5. The summed E-state index contributed by atoms with van der Waals surface area (Å²) in [6.45, 7) is 11.2. The van der Waals surface area contributed by atoms with Crippen LogP contribution >= 0.6 is 0 Å². The van der Waals surface area contributed by atoms with Gasteiger partial charge in [-0.15, -0.1) is 0 Å². The van der Waals surface area contributed by atoms with Gasteiger partial charge in [0.1, 0.15) is 0 Å². The maximum Gasteiger partial charge on any atom is 0.0859 e. The third-order valence-corrected chi connectivity index (χ3v) is 9.29. The van der Waals surface area contributed by atoms with Crippen molar-refractivity contribution in [2.75, 3.05) is 0 Å². The first-order valence-electron chi connectivity index (χ1n) is 19.0. The summed E-state index contributed by atoms with van der Waals surface area (Å²) < 4.78 is 0. The second-order valence-corrected chi connectivity index (χ2v) is 13.5. The van der Waals surface area contributed by atoms with E-state index in [-0.39, 0.29) is 0 Å². The maximum absolute atomic E-state index is 4.73. The monoisotopic (exact) mass is 621 g/mol. The zero-order valence-corrected chi connectivity index (χ0v) is 30.2. The first-order valence-corrected chi connectivity index (χ1v) is 19.0. The van der Waals surface area contributed by atoms with Crippen LogP contribution in [0.4, 0.5) is 5.69 Å². The molecule has 0 spiro atoms. The molecule has 2 heteroatoms. The summed E-state index contributed by atoms with van der Waals surface area (Å²) in [5.41, 5.74) is 11.6. The van der Waals surface area contributed by atoms with Gasteiger partial charge in [-0.2, -0.15) is 10.2 Å². The maximum atomic E-state index is 4.73. The van der Waals surface area contributed by atoms with E-state index in [1.807, 2.05) is 0 Å². The summed E-state index contributed by atoms with van der Waals surface area (Å²) >= 11 is 0. The predicted molar refractivity (Wildman–Crippen MR) is 203 cm³/mol. The van der Waals surface area contributed by atoms with Gasteiger partial charge in [-0.25, -0.2) is 0 Å². The number of rotatable bonds is 23. The third-order valence-electron chi connectivity index (χ3n) is 9.29. The Balaban J connectivity index is 1.76. The number of hydrogen-bond acceptors (Lipinski definition) is 2. The molecule has 0 unspecified atom stereocenters. The van der Waals surface area contributed by atoms with Crippen LogP contribution in [0.25, 0.3) is 17.2 Å². The fraction of sp³-hybridized carbons (Fsp3) is 0.545. The summed E-state index contributed by atoms with van der Waals surface area (Å²) in [4.78, 5) is 0. The summed E-state index contributed by atoms with van der Waals surface area (Å²) in [6.07, 6.45) is 26.8. The molecular formula is C44H64N2. The Labute approximate surface area is 283 Å². The van der Waals surface area contributed by atoms with Crippen molar-refractivity contribution in [1.29, 1.82) is 0 Å². The van der Waals surface area contributed by atoms with Crippen LogP contribution in [0.5, 0.6) is 0 Å². The highest BCUT2D eigenvalue weighted by atomic mass is 15.1. The van der Waals surface area contributed by atoms with Crippen molar-refractivity contribution in [3.63, 3.8) is 0 Å². The quantitative estimate of drug-likeness (QED) is 0.0744. The molecule has 3 rings (SSSR count). The second-order valence-electron chi connectivity index (χ2n) is 13.5. The lowest BCUT2D eigenvalue weighted by Crippen LogP contribution is -1.96. The number of nitrogens with zero attached hydrogens (tertiary/aromatic N) is 2. The molecule has 0 heterocycles. The lowest BCUT2D eigenvalue weighted by Gasteiger charge is -2.15. The molecule has 0 saturated carbocycles. The lowest BCUT2D eigenvalue weighted by molar-refractivity contribution is 0.605. The minimum atomic E-state index is 0.943. The van der Waals surface area contributed by atoms with Crippen LogP contribution in [0.3, 0.4) is 0 Å². The summed E-state index contributed by atoms with van der Waals surface area (Å²) in [6, 6.07) is 22.4. The fourth-order valence-electron chi connectivity index (χ4n) is 6.68. The van der Waals surface area contributed by atoms with E-state index in [9.17, 15) is 0 Å². The highest BCUT2D eigenvalue weighted by Gasteiger charge is 2.11. The Morgan fingerprint density at radius 2 is 1.11 bits per heavy atom. The molecule has 0 atom stereocenters. The molecule has 0 aliphatic rings. The molecule has 2 nitrogen and oxygen atoms in total. The van der Waals surface area contributed by atoms with Crippen molar-refractivity contribution in [3.05, 3.63) is 94.2 Å². The number of azo groups is 1. The highest BCUT2D eigenvalue weighted by Crippen LogP contribution is 2.31. The van der Waals surface area contributed by atoms with Crippen LogP contribution in [0.15, 0.2) is 76.6 Å². The smallest absolute Gasteiger partial charge is 0.0859 e. The Morgan fingerprint density at radius 1 is 0.565 bits per heavy atom. The zero-order chi connectivity index (χ0) is 32.8. The molecule has 0 fully saturated rings. The number of hydrogen-bond donors (Lipinski definition) is 0. The molecule has 0 aromatic heterocycles. The summed E-state index contributed by atoms with van der Waals surface area (Å²) in [7, 11) is 0. The molecule has 250 valence electrons. The standard InChI is InChI=1S/C44H64N2/c1-6-9-12-15-17-21-28-41-35-43(31-30-39(41)25-20-14-11-8-3)46-45-37(5)33-38-32-36(4)44(40-26-23-19-24-27-40)42(34-38)29-22-18-16-13-10-7-2/h19,23-24,26-27,30-35H,6-18,20-22,25,28-29H2,1-5H3. The van der Waals surface area contributed by atoms with Gasteiger partial charge in [0.15, 0.2) is 0 Å². The van der Waals surface area contributed by atoms with Crippen LogP contribution in [0.2, 0.25) is 0 Å². The lowest BCUT2D eigenvalue weighted by atomic mass is 9.90. The normalized spacial score (nSPS) is 12.0. The molecular weight excluding hydrogens is 556 g/mol. The van der Waals surface area contributed by atoms with Gasteiger partial charge in [-0.05, 0) is 110 Å². The van der Waals surface area contributed by atoms with E-state index in [0.717, 1.165) is 24.2 Å². The van der Waals surface area contributed by atoms with Crippen LogP contribution < -0.4 is 0 Å². The average Bonchev–Trinajstić information content (AvgIpc) is 3.06. The van der Waals surface area contributed by atoms with E-state index in [0.29, 0.717) is 0 Å². The first-order chi connectivity index (χ1) is 22.5. The molecule has 0 radical (unpaired) electrons. The molecule has 3 aromatic carbocycles. The molecule has 0 aliphatic heterocycles. The predicted octanol–water partition coefficient (Wildman–Crippen LogP) is 14.7. The van der Waals surface area contributed by atoms with Crippen molar-refractivity contribution in [1.82, 2.24) is 0 Å². The van der Waals surface area contributed by atoms with Gasteiger partial charge < -0.3 is 0 Å². The van der Waals surface area contributed by atoms with Crippen molar-refractivity contribution >= 4 is 11.8 Å². The van der Waals surface area contributed by atoms with Crippen LogP contribution in [-0.4, -0.2) is 0 Å². The van der Waals surface area contributed by atoms with E-state index in [4.69, 9.17) is 10.2 Å². The topological polar surface area (TPSA) is 24.7 Å². The van der Waals surface area contributed by atoms with Crippen molar-refractivity contribution in [2.45, 2.75) is 157 Å². The van der Waals surface area contributed by atoms with E-state index >= 15 is 0 Å². The van der Waals surface area contributed by atoms with Gasteiger partial charge >= 0.3 is 0 Å².